The second-order valence-electron chi connectivity index (χ2n) is 10.3. The molecule has 7 nitrogen and oxygen atoms in total. The van der Waals surface area contributed by atoms with Gasteiger partial charge >= 0.3 is 0 Å². The second kappa shape index (κ2) is 6.93. The summed E-state index contributed by atoms with van der Waals surface area (Å²) in [5.74, 6) is 0. The normalized spacial score (nSPS) is 17.5. The molecule has 7 rings (SSSR count). The highest BCUT2D eigenvalue weighted by molar-refractivity contribution is 6.36. The summed E-state index contributed by atoms with van der Waals surface area (Å²) in [6, 6.07) is 8.98. The van der Waals surface area contributed by atoms with Crippen LogP contribution in [-0.4, -0.2) is 42.8 Å². The summed E-state index contributed by atoms with van der Waals surface area (Å²) >= 11 is 7.01. The number of H-pyrrole nitrogens is 1. The van der Waals surface area contributed by atoms with E-state index in [1.807, 2.05) is 24.1 Å². The number of halogens is 1. The molecule has 34 heavy (non-hydrogen) atoms. The number of nitrogens with two attached hydrogens (primary N) is 1. The molecule has 3 aromatic heterocycles. The number of aryl methyl sites for hydroxylation is 2. The third kappa shape index (κ3) is 2.71. The molecule has 0 atom stereocenters. The van der Waals surface area contributed by atoms with Crippen molar-refractivity contribution in [2.24, 2.45) is 12.5 Å². The van der Waals surface area contributed by atoms with Crippen LogP contribution in [0.2, 0.25) is 5.02 Å². The zero-order valence-corrected chi connectivity index (χ0v) is 20.3. The molecule has 2 fully saturated rings. The highest BCUT2D eigenvalue weighted by Gasteiger charge is 2.53. The van der Waals surface area contributed by atoms with E-state index < -0.39 is 0 Å². The number of rotatable bonds is 3. The Morgan fingerprint density at radius 2 is 1.94 bits per heavy atom. The predicted molar refractivity (Wildman–Crippen MR) is 134 cm³/mol. The number of nitrogens with one attached hydrogen (secondary N) is 1. The number of fused-ring (bicyclic) bond motifs is 2. The average Bonchev–Trinajstić information content (AvgIpc) is 3.46. The Morgan fingerprint density at radius 3 is 2.71 bits per heavy atom. The Labute approximate surface area is 202 Å². The number of aromatic amines is 1. The first-order chi connectivity index (χ1) is 16.4. The van der Waals surface area contributed by atoms with Crippen molar-refractivity contribution in [2.75, 3.05) is 13.1 Å². The van der Waals surface area contributed by atoms with E-state index >= 15 is 0 Å². The Bertz CT molecular complexity index is 1590. The smallest absolute Gasteiger partial charge is 0.101 e. The van der Waals surface area contributed by atoms with Crippen LogP contribution in [0, 0.1) is 19.3 Å². The highest BCUT2D eigenvalue weighted by atomic mass is 35.5. The molecule has 172 valence electrons. The van der Waals surface area contributed by atoms with Gasteiger partial charge < -0.3 is 5.32 Å². The standard InChI is InChI=1S/C26H26ClN7/c1-14-6-20-19(11-29-31-20)23(24(14)27)22-15(2)34(18-8-26(9-18)12-28-13-26)32-25(22)16-4-5-21-17(7-16)10-30-33(21)3/h4-7,10-11,18,28H,8-9,12-13H2,1-3H3,(H,29,31)/p+1. The Balaban J connectivity index is 1.47. The molecule has 1 saturated carbocycles. The van der Waals surface area contributed by atoms with Gasteiger partial charge in [-0.3, -0.25) is 14.5 Å². The molecular formula is C26H27ClN7+. The first kappa shape index (κ1) is 20.2. The molecule has 5 aromatic rings. The van der Waals surface area contributed by atoms with Gasteiger partial charge in [-0.05, 0) is 50.5 Å². The van der Waals surface area contributed by atoms with Crippen LogP contribution < -0.4 is 5.32 Å². The Morgan fingerprint density at radius 1 is 1.12 bits per heavy atom. The average molecular weight is 473 g/mol. The molecule has 3 N–H and O–H groups in total. The zero-order chi connectivity index (χ0) is 23.2. The van der Waals surface area contributed by atoms with Crippen LogP contribution in [0.15, 0.2) is 36.7 Å². The van der Waals surface area contributed by atoms with Crippen molar-refractivity contribution in [3.63, 3.8) is 0 Å². The maximum absolute atomic E-state index is 7.01. The van der Waals surface area contributed by atoms with Crippen molar-refractivity contribution in [3.8, 4) is 22.4 Å². The molecule has 1 spiro atoms. The maximum Gasteiger partial charge on any atom is 0.101 e. The van der Waals surface area contributed by atoms with Crippen LogP contribution in [0.3, 0.4) is 0 Å². The van der Waals surface area contributed by atoms with Crippen molar-refractivity contribution < 1.29 is 5.32 Å². The molecule has 4 heterocycles. The molecule has 1 aliphatic heterocycles. The number of quaternary nitrogens is 1. The number of aromatic nitrogens is 6. The topological polar surface area (TPSA) is 80.9 Å². The first-order valence-corrected chi connectivity index (χ1v) is 12.3. The fourth-order valence-corrected chi connectivity index (χ4v) is 6.38. The van der Waals surface area contributed by atoms with E-state index in [1.165, 1.54) is 31.6 Å². The van der Waals surface area contributed by atoms with E-state index in [0.29, 0.717) is 11.5 Å². The van der Waals surface area contributed by atoms with E-state index in [2.05, 4.69) is 63.4 Å². The second-order valence-corrected chi connectivity index (χ2v) is 10.6. The van der Waals surface area contributed by atoms with Crippen LogP contribution in [0.25, 0.3) is 44.2 Å². The lowest BCUT2D eigenvalue weighted by Gasteiger charge is -2.50. The fourth-order valence-electron chi connectivity index (χ4n) is 6.13. The molecule has 1 saturated heterocycles. The molecule has 8 heteroatoms. The quantitative estimate of drug-likeness (QED) is 0.414. The van der Waals surface area contributed by atoms with Gasteiger partial charge in [0, 0.05) is 40.2 Å². The van der Waals surface area contributed by atoms with Gasteiger partial charge in [0.2, 0.25) is 0 Å². The third-order valence-electron chi connectivity index (χ3n) is 8.12. The van der Waals surface area contributed by atoms with E-state index in [9.17, 15) is 0 Å². The number of hydrogen-bond acceptors (Lipinski definition) is 3. The van der Waals surface area contributed by atoms with Crippen molar-refractivity contribution in [2.45, 2.75) is 32.7 Å². The van der Waals surface area contributed by atoms with Gasteiger partial charge in [0.05, 0.1) is 53.0 Å². The number of nitrogens with zero attached hydrogens (tertiary/aromatic N) is 5. The molecule has 0 unspecified atom stereocenters. The van der Waals surface area contributed by atoms with Gasteiger partial charge in [-0.15, -0.1) is 0 Å². The van der Waals surface area contributed by atoms with Crippen LogP contribution >= 0.6 is 11.6 Å². The minimum absolute atomic E-state index is 0.437. The lowest BCUT2D eigenvalue weighted by molar-refractivity contribution is -0.748. The van der Waals surface area contributed by atoms with Gasteiger partial charge in [0.1, 0.15) is 5.69 Å². The van der Waals surface area contributed by atoms with E-state index in [1.54, 1.807) is 0 Å². The summed E-state index contributed by atoms with van der Waals surface area (Å²) < 4.78 is 4.17. The van der Waals surface area contributed by atoms with Gasteiger partial charge in [0.15, 0.2) is 0 Å². The minimum Gasteiger partial charge on any atom is -0.345 e. The van der Waals surface area contributed by atoms with Crippen LogP contribution in [0.5, 0.6) is 0 Å². The molecule has 2 aliphatic rings. The van der Waals surface area contributed by atoms with Crippen LogP contribution in [0.1, 0.15) is 30.1 Å². The van der Waals surface area contributed by atoms with Gasteiger partial charge in [-0.1, -0.05) is 17.7 Å². The van der Waals surface area contributed by atoms with Gasteiger partial charge in [-0.2, -0.15) is 15.3 Å². The largest absolute Gasteiger partial charge is 0.345 e. The maximum atomic E-state index is 7.01. The van der Waals surface area contributed by atoms with Gasteiger partial charge in [-0.25, -0.2) is 0 Å². The summed E-state index contributed by atoms with van der Waals surface area (Å²) in [6.07, 6.45) is 6.20. The molecule has 0 radical (unpaired) electrons. The highest BCUT2D eigenvalue weighted by Crippen LogP contribution is 2.51. The van der Waals surface area contributed by atoms with Crippen molar-refractivity contribution in [1.82, 2.24) is 29.8 Å². The molecule has 2 aromatic carbocycles. The fraction of sp³-hybridized carbons (Fsp3) is 0.346. The minimum atomic E-state index is 0.437. The van der Waals surface area contributed by atoms with Gasteiger partial charge in [0.25, 0.3) is 0 Å². The molecule has 0 bridgehead atoms. The van der Waals surface area contributed by atoms with Crippen molar-refractivity contribution >= 4 is 33.4 Å². The SMILES string of the molecule is Cc1cc2[nH]ncc2c(-c2c(-c3ccc4c(cnn4C)c3)nn(C3CC4(C[NH2+]C4)C3)c2C)c1Cl. The number of benzene rings is 2. The summed E-state index contributed by atoms with van der Waals surface area (Å²) in [7, 11) is 1.97. The summed E-state index contributed by atoms with van der Waals surface area (Å²) in [4.78, 5) is 0. The molecular weight excluding hydrogens is 446 g/mol. The number of hydrogen-bond donors (Lipinski definition) is 2. The molecule has 0 amide bonds. The Hall–Kier alpha value is -3.16. The third-order valence-corrected chi connectivity index (χ3v) is 8.61. The summed E-state index contributed by atoms with van der Waals surface area (Å²) in [5, 5.41) is 22.5. The predicted octanol–water partition coefficient (Wildman–Crippen LogP) is 4.15. The Kier molecular flexibility index (Phi) is 4.12. The van der Waals surface area contributed by atoms with E-state index in [0.717, 1.165) is 54.8 Å². The van der Waals surface area contributed by atoms with Crippen LogP contribution in [-0.2, 0) is 7.05 Å². The monoisotopic (exact) mass is 472 g/mol. The van der Waals surface area contributed by atoms with Crippen molar-refractivity contribution in [1.29, 1.82) is 0 Å². The first-order valence-electron chi connectivity index (χ1n) is 11.9. The lowest BCUT2D eigenvalue weighted by Crippen LogP contribution is -3.01. The zero-order valence-electron chi connectivity index (χ0n) is 19.6. The lowest BCUT2D eigenvalue weighted by atomic mass is 9.61. The molecule has 1 aliphatic carbocycles. The van der Waals surface area contributed by atoms with Crippen molar-refractivity contribution in [3.05, 3.63) is 52.9 Å². The summed E-state index contributed by atoms with van der Waals surface area (Å²) in [6.45, 7) is 6.74. The van der Waals surface area contributed by atoms with Crippen LogP contribution in [0.4, 0.5) is 0 Å². The van der Waals surface area contributed by atoms with E-state index in [-0.39, 0.29) is 0 Å². The van der Waals surface area contributed by atoms with E-state index in [4.69, 9.17) is 16.7 Å². The summed E-state index contributed by atoms with van der Waals surface area (Å²) in [5.41, 5.74) is 8.99.